The topological polar surface area (TPSA) is 55.4 Å². The molecule has 0 bridgehead atoms. The van der Waals surface area contributed by atoms with Crippen LogP contribution in [0.15, 0.2) is 54.1 Å². The molecule has 4 heteroatoms. The van der Waals surface area contributed by atoms with E-state index in [1.54, 1.807) is 24.3 Å². The van der Waals surface area contributed by atoms with Crippen LogP contribution in [0.1, 0.15) is 22.8 Å². The zero-order valence-corrected chi connectivity index (χ0v) is 12.1. The van der Waals surface area contributed by atoms with Crippen LogP contribution >= 0.6 is 0 Å². The van der Waals surface area contributed by atoms with Gasteiger partial charge in [-0.05, 0) is 35.9 Å². The minimum absolute atomic E-state index is 0.00668. The van der Waals surface area contributed by atoms with Gasteiger partial charge in [0.2, 0.25) is 5.91 Å². The highest BCUT2D eigenvalue weighted by Gasteiger charge is 2.22. The molecule has 0 aromatic heterocycles. The Hall–Kier alpha value is -2.88. The van der Waals surface area contributed by atoms with Crippen molar-refractivity contribution in [2.24, 2.45) is 0 Å². The van der Waals surface area contributed by atoms with Gasteiger partial charge in [-0.25, -0.2) is 0 Å². The van der Waals surface area contributed by atoms with Crippen molar-refractivity contribution in [1.29, 1.82) is 0 Å². The second kappa shape index (κ2) is 5.85. The summed E-state index contributed by atoms with van der Waals surface area (Å²) in [4.78, 5) is 23.4. The van der Waals surface area contributed by atoms with E-state index in [0.717, 1.165) is 11.3 Å². The zero-order chi connectivity index (χ0) is 15.5. The Morgan fingerprint density at radius 3 is 2.59 bits per heavy atom. The standard InChI is InChI=1S/C18H15NO3/c1-12(20)19-15-8-6-13(7-9-15)10-14-11-22-17-5-3-2-4-16(17)18(14)21/h2-10H,11H2,1H3,(H,19,20). The highest BCUT2D eigenvalue weighted by molar-refractivity contribution is 6.14. The number of ketones is 1. The van der Waals surface area contributed by atoms with E-state index in [9.17, 15) is 9.59 Å². The zero-order valence-electron chi connectivity index (χ0n) is 12.1. The molecule has 0 saturated carbocycles. The third-order valence-corrected chi connectivity index (χ3v) is 3.38. The van der Waals surface area contributed by atoms with Crippen LogP contribution in [0.25, 0.3) is 6.08 Å². The van der Waals surface area contributed by atoms with Crippen LogP contribution in [0.4, 0.5) is 5.69 Å². The van der Waals surface area contributed by atoms with Gasteiger partial charge in [-0.15, -0.1) is 0 Å². The molecule has 2 aromatic carbocycles. The first kappa shape index (κ1) is 14.1. The van der Waals surface area contributed by atoms with E-state index in [4.69, 9.17) is 4.74 Å². The van der Waals surface area contributed by atoms with Crippen LogP contribution in [-0.4, -0.2) is 18.3 Å². The van der Waals surface area contributed by atoms with Crippen molar-refractivity contribution >= 4 is 23.5 Å². The first-order valence-corrected chi connectivity index (χ1v) is 6.98. The fraction of sp³-hybridized carbons (Fsp3) is 0.111. The van der Waals surface area contributed by atoms with E-state index < -0.39 is 0 Å². The number of fused-ring (bicyclic) bond motifs is 1. The van der Waals surface area contributed by atoms with Crippen LogP contribution in [0, 0.1) is 0 Å². The molecular formula is C18H15NO3. The van der Waals surface area contributed by atoms with E-state index >= 15 is 0 Å². The van der Waals surface area contributed by atoms with Gasteiger partial charge >= 0.3 is 0 Å². The number of carbonyl (C=O) groups excluding carboxylic acids is 2. The first-order valence-electron chi connectivity index (χ1n) is 6.98. The molecule has 4 nitrogen and oxygen atoms in total. The molecule has 1 aliphatic heterocycles. The highest BCUT2D eigenvalue weighted by atomic mass is 16.5. The van der Waals surface area contributed by atoms with Gasteiger partial charge in [-0.1, -0.05) is 24.3 Å². The van der Waals surface area contributed by atoms with Crippen molar-refractivity contribution in [3.05, 3.63) is 65.2 Å². The summed E-state index contributed by atoms with van der Waals surface area (Å²) >= 11 is 0. The molecule has 0 fully saturated rings. The monoisotopic (exact) mass is 293 g/mol. The molecule has 0 unspecified atom stereocenters. The summed E-state index contributed by atoms with van der Waals surface area (Å²) in [6, 6.07) is 14.5. The summed E-state index contributed by atoms with van der Waals surface area (Å²) in [5, 5.41) is 2.71. The maximum atomic E-state index is 12.4. The number of rotatable bonds is 2. The van der Waals surface area contributed by atoms with E-state index in [-0.39, 0.29) is 18.3 Å². The Kier molecular flexibility index (Phi) is 3.74. The van der Waals surface area contributed by atoms with Gasteiger partial charge in [0.1, 0.15) is 12.4 Å². The maximum absolute atomic E-state index is 12.4. The molecule has 1 heterocycles. The fourth-order valence-electron chi connectivity index (χ4n) is 2.35. The van der Waals surface area contributed by atoms with Crippen molar-refractivity contribution < 1.29 is 14.3 Å². The lowest BCUT2D eigenvalue weighted by Gasteiger charge is -2.18. The van der Waals surface area contributed by atoms with Crippen LogP contribution in [0.3, 0.4) is 0 Å². The van der Waals surface area contributed by atoms with Crippen molar-refractivity contribution in [2.45, 2.75) is 6.92 Å². The summed E-state index contributed by atoms with van der Waals surface area (Å²) < 4.78 is 5.61. The first-order chi connectivity index (χ1) is 10.6. The SMILES string of the molecule is CC(=O)Nc1ccc(C=C2COc3ccccc3C2=O)cc1. The summed E-state index contributed by atoms with van der Waals surface area (Å²) in [7, 11) is 0. The minimum Gasteiger partial charge on any atom is -0.488 e. The molecular weight excluding hydrogens is 278 g/mol. The number of benzene rings is 2. The molecule has 1 N–H and O–H groups in total. The van der Waals surface area contributed by atoms with Crippen LogP contribution in [0.2, 0.25) is 0 Å². The largest absolute Gasteiger partial charge is 0.488 e. The van der Waals surface area contributed by atoms with Crippen molar-refractivity contribution in [1.82, 2.24) is 0 Å². The molecule has 0 spiro atoms. The Morgan fingerprint density at radius 2 is 1.86 bits per heavy atom. The second-order valence-electron chi connectivity index (χ2n) is 5.09. The number of carbonyl (C=O) groups is 2. The molecule has 0 radical (unpaired) electrons. The highest BCUT2D eigenvalue weighted by Crippen LogP contribution is 2.27. The number of hydrogen-bond donors (Lipinski definition) is 1. The molecule has 3 rings (SSSR count). The number of Topliss-reactive ketones (excluding diaryl/α,β-unsaturated/α-hetero) is 1. The van der Waals surface area contributed by atoms with Gasteiger partial charge in [0, 0.05) is 18.2 Å². The number of ether oxygens (including phenoxy) is 1. The van der Waals surface area contributed by atoms with Crippen molar-refractivity contribution in [3.8, 4) is 5.75 Å². The average Bonchev–Trinajstić information content (AvgIpc) is 2.52. The second-order valence-corrected chi connectivity index (χ2v) is 5.09. The van der Waals surface area contributed by atoms with E-state index in [0.29, 0.717) is 16.9 Å². The molecule has 110 valence electrons. The number of hydrogen-bond acceptors (Lipinski definition) is 3. The molecule has 1 aliphatic rings. The van der Waals surface area contributed by atoms with Gasteiger partial charge in [0.05, 0.1) is 5.56 Å². The summed E-state index contributed by atoms with van der Waals surface area (Å²) in [5.74, 6) is 0.511. The molecule has 0 atom stereocenters. The number of nitrogens with one attached hydrogen (secondary N) is 1. The fourth-order valence-corrected chi connectivity index (χ4v) is 2.35. The van der Waals surface area contributed by atoms with E-state index in [1.165, 1.54) is 6.92 Å². The van der Waals surface area contributed by atoms with Gasteiger partial charge in [-0.3, -0.25) is 9.59 Å². The van der Waals surface area contributed by atoms with Crippen LogP contribution < -0.4 is 10.1 Å². The summed E-state index contributed by atoms with van der Waals surface area (Å²) in [6.07, 6.45) is 1.82. The van der Waals surface area contributed by atoms with Gasteiger partial charge in [0.25, 0.3) is 0 Å². The van der Waals surface area contributed by atoms with Crippen LogP contribution in [0.5, 0.6) is 5.75 Å². The Balaban J connectivity index is 1.84. The summed E-state index contributed by atoms with van der Waals surface area (Å²) in [5.41, 5.74) is 2.83. The third kappa shape index (κ3) is 2.91. The third-order valence-electron chi connectivity index (χ3n) is 3.38. The average molecular weight is 293 g/mol. The molecule has 2 aromatic rings. The Labute approximate surface area is 128 Å². The molecule has 1 amide bonds. The van der Waals surface area contributed by atoms with Crippen LogP contribution in [-0.2, 0) is 4.79 Å². The Morgan fingerprint density at radius 1 is 1.14 bits per heavy atom. The van der Waals surface area contributed by atoms with Gasteiger partial charge in [0.15, 0.2) is 5.78 Å². The predicted molar refractivity (Wildman–Crippen MR) is 85.0 cm³/mol. The lowest BCUT2D eigenvalue weighted by molar-refractivity contribution is -0.114. The van der Waals surface area contributed by atoms with Gasteiger partial charge in [-0.2, -0.15) is 0 Å². The molecule has 0 aliphatic carbocycles. The smallest absolute Gasteiger partial charge is 0.221 e. The number of anilines is 1. The quantitative estimate of drug-likeness (QED) is 0.864. The Bertz CT molecular complexity index is 760. The molecule has 0 saturated heterocycles. The van der Waals surface area contributed by atoms with Gasteiger partial charge < -0.3 is 10.1 Å². The number of amides is 1. The lowest BCUT2D eigenvalue weighted by Crippen LogP contribution is -2.18. The molecule has 22 heavy (non-hydrogen) atoms. The lowest BCUT2D eigenvalue weighted by atomic mass is 9.98. The number of para-hydroxylation sites is 1. The van der Waals surface area contributed by atoms with Crippen molar-refractivity contribution in [3.63, 3.8) is 0 Å². The minimum atomic E-state index is -0.112. The maximum Gasteiger partial charge on any atom is 0.221 e. The van der Waals surface area contributed by atoms with E-state index in [2.05, 4.69) is 5.32 Å². The van der Waals surface area contributed by atoms with Crippen molar-refractivity contribution in [2.75, 3.05) is 11.9 Å². The summed E-state index contributed by atoms with van der Waals surface area (Å²) in [6.45, 7) is 1.73. The predicted octanol–water partition coefficient (Wildman–Crippen LogP) is 3.30. The van der Waals surface area contributed by atoms with E-state index in [1.807, 2.05) is 30.3 Å². The normalized spacial score (nSPS) is 15.1.